The van der Waals surface area contributed by atoms with Crippen molar-refractivity contribution in [1.82, 2.24) is 9.78 Å². The molecule has 1 aromatic rings. The number of alkyl halides is 1. The van der Waals surface area contributed by atoms with Crippen LogP contribution >= 0.6 is 35.4 Å². The third-order valence-electron chi connectivity index (χ3n) is 1.67. The number of hydrogen-bond donors (Lipinski definition) is 1. The van der Waals surface area contributed by atoms with Gasteiger partial charge < -0.3 is 5.73 Å². The molecule has 1 aromatic heterocycles. The molecule has 1 rings (SSSR count). The van der Waals surface area contributed by atoms with Crippen molar-refractivity contribution in [2.24, 2.45) is 5.73 Å². The van der Waals surface area contributed by atoms with Gasteiger partial charge in [0.2, 0.25) is 0 Å². The molecule has 0 atom stereocenters. The molecule has 0 bridgehead atoms. The van der Waals surface area contributed by atoms with Crippen LogP contribution in [0.25, 0.3) is 0 Å². The number of aryl methyl sites for hydroxylation is 1. The largest absolute Gasteiger partial charge is 0.374 e. The van der Waals surface area contributed by atoms with Crippen LogP contribution in [0.5, 0.6) is 0 Å². The highest BCUT2D eigenvalue weighted by Crippen LogP contribution is 2.20. The topological polar surface area (TPSA) is 43.8 Å². The molecular weight excluding hydrogens is 229 g/mol. The molecule has 13 heavy (non-hydrogen) atoms. The summed E-state index contributed by atoms with van der Waals surface area (Å²) >= 11 is 16.4. The predicted molar refractivity (Wildman–Crippen MR) is 58.6 cm³/mol. The Bertz CT molecular complexity index is 335. The van der Waals surface area contributed by atoms with Gasteiger partial charge in [-0.1, -0.05) is 11.6 Å². The number of hydrogen-bond acceptors (Lipinski definition) is 2. The fourth-order valence-electron chi connectivity index (χ4n) is 1.06. The molecule has 72 valence electrons. The van der Waals surface area contributed by atoms with Crippen molar-refractivity contribution in [1.29, 1.82) is 0 Å². The van der Waals surface area contributed by atoms with Crippen LogP contribution in [0.1, 0.15) is 11.3 Å². The zero-order chi connectivity index (χ0) is 10.0. The molecule has 0 unspecified atom stereocenters. The minimum atomic E-state index is 0.147. The molecule has 2 N–H and O–H groups in total. The Labute approximate surface area is 91.8 Å². The van der Waals surface area contributed by atoms with Crippen LogP contribution < -0.4 is 5.73 Å². The minimum absolute atomic E-state index is 0.147. The molecule has 0 saturated heterocycles. The summed E-state index contributed by atoms with van der Waals surface area (Å²) in [4.78, 5) is 0. The SMILES string of the molecule is Cc1nn(C(N)=S)c(Cl)c1CCCl. The Hall–Kier alpha value is -0.320. The first-order valence-corrected chi connectivity index (χ1v) is 4.99. The summed E-state index contributed by atoms with van der Waals surface area (Å²) in [5.41, 5.74) is 7.13. The highest BCUT2D eigenvalue weighted by atomic mass is 35.5. The quantitative estimate of drug-likeness (QED) is 0.630. The summed E-state index contributed by atoms with van der Waals surface area (Å²) in [6.45, 7) is 1.85. The van der Waals surface area contributed by atoms with Gasteiger partial charge in [-0.2, -0.15) is 9.78 Å². The van der Waals surface area contributed by atoms with Crippen LogP contribution in [0.3, 0.4) is 0 Å². The Morgan fingerprint density at radius 1 is 1.69 bits per heavy atom. The van der Waals surface area contributed by atoms with Gasteiger partial charge in [-0.25, -0.2) is 0 Å². The highest BCUT2D eigenvalue weighted by molar-refractivity contribution is 7.80. The van der Waals surface area contributed by atoms with Crippen LogP contribution in [0, 0.1) is 6.92 Å². The summed E-state index contributed by atoms with van der Waals surface area (Å²) in [5, 5.41) is 4.70. The number of rotatable bonds is 2. The summed E-state index contributed by atoms with van der Waals surface area (Å²) in [7, 11) is 0. The smallest absolute Gasteiger partial charge is 0.192 e. The summed E-state index contributed by atoms with van der Waals surface area (Å²) in [5.74, 6) is 0.504. The van der Waals surface area contributed by atoms with E-state index in [2.05, 4.69) is 5.10 Å². The lowest BCUT2D eigenvalue weighted by Gasteiger charge is -1.98. The van der Waals surface area contributed by atoms with Crippen LogP contribution in [-0.2, 0) is 6.42 Å². The third-order valence-corrected chi connectivity index (χ3v) is 2.43. The maximum absolute atomic E-state index is 5.98. The van der Waals surface area contributed by atoms with Gasteiger partial charge in [-0.05, 0) is 25.6 Å². The van der Waals surface area contributed by atoms with Gasteiger partial charge in [0, 0.05) is 11.4 Å². The minimum Gasteiger partial charge on any atom is -0.374 e. The van der Waals surface area contributed by atoms with Gasteiger partial charge in [0.1, 0.15) is 5.15 Å². The molecule has 1 heterocycles. The molecule has 0 radical (unpaired) electrons. The zero-order valence-corrected chi connectivity index (χ0v) is 9.38. The maximum atomic E-state index is 5.98. The van der Waals surface area contributed by atoms with Gasteiger partial charge in [-0.15, -0.1) is 11.6 Å². The second kappa shape index (κ2) is 4.26. The van der Waals surface area contributed by atoms with E-state index in [9.17, 15) is 0 Å². The van der Waals surface area contributed by atoms with Gasteiger partial charge >= 0.3 is 0 Å². The van der Waals surface area contributed by atoms with E-state index in [1.807, 2.05) is 6.92 Å². The Morgan fingerprint density at radius 2 is 2.31 bits per heavy atom. The van der Waals surface area contributed by atoms with Gasteiger partial charge in [0.25, 0.3) is 0 Å². The van der Waals surface area contributed by atoms with Crippen LogP contribution in [-0.4, -0.2) is 20.8 Å². The molecule has 0 amide bonds. The van der Waals surface area contributed by atoms with E-state index in [4.69, 9.17) is 41.2 Å². The normalized spacial score (nSPS) is 10.4. The third kappa shape index (κ3) is 2.13. The van der Waals surface area contributed by atoms with Crippen LogP contribution in [0.2, 0.25) is 5.15 Å². The first-order valence-electron chi connectivity index (χ1n) is 3.67. The Kier molecular flexibility index (Phi) is 3.53. The van der Waals surface area contributed by atoms with E-state index in [1.54, 1.807) is 0 Å². The lowest BCUT2D eigenvalue weighted by Crippen LogP contribution is -2.20. The van der Waals surface area contributed by atoms with E-state index in [1.165, 1.54) is 4.68 Å². The molecule has 0 saturated carbocycles. The van der Waals surface area contributed by atoms with Crippen LogP contribution in [0.15, 0.2) is 0 Å². The first-order chi connectivity index (χ1) is 6.07. The van der Waals surface area contributed by atoms with Crippen molar-refractivity contribution in [2.75, 3.05) is 5.88 Å². The number of thiocarbonyl (C=S) groups is 1. The molecule has 0 spiro atoms. The van der Waals surface area contributed by atoms with E-state index < -0.39 is 0 Å². The number of nitrogens with two attached hydrogens (primary N) is 1. The molecule has 0 aromatic carbocycles. The summed E-state index contributed by atoms with van der Waals surface area (Å²) in [6.07, 6.45) is 0.675. The second-order valence-corrected chi connectivity index (χ2v) is 3.70. The van der Waals surface area contributed by atoms with Crippen molar-refractivity contribution < 1.29 is 0 Å². The van der Waals surface area contributed by atoms with Crippen molar-refractivity contribution in [3.63, 3.8) is 0 Å². The number of halogens is 2. The van der Waals surface area contributed by atoms with Crippen molar-refractivity contribution in [2.45, 2.75) is 13.3 Å². The number of aromatic nitrogens is 2. The Morgan fingerprint density at radius 3 is 2.69 bits per heavy atom. The van der Waals surface area contributed by atoms with Gasteiger partial charge in [0.15, 0.2) is 5.11 Å². The second-order valence-electron chi connectivity index (χ2n) is 2.54. The monoisotopic (exact) mass is 237 g/mol. The maximum Gasteiger partial charge on any atom is 0.192 e. The fraction of sp³-hybridized carbons (Fsp3) is 0.429. The summed E-state index contributed by atoms with van der Waals surface area (Å²) in [6, 6.07) is 0. The van der Waals surface area contributed by atoms with E-state index in [0.29, 0.717) is 17.5 Å². The van der Waals surface area contributed by atoms with Gasteiger partial charge in [0.05, 0.1) is 5.69 Å². The molecule has 0 aliphatic heterocycles. The lowest BCUT2D eigenvalue weighted by atomic mass is 10.2. The first kappa shape index (κ1) is 10.8. The molecule has 0 fully saturated rings. The van der Waals surface area contributed by atoms with E-state index in [-0.39, 0.29) is 5.11 Å². The Balaban J connectivity index is 3.14. The molecule has 0 aliphatic rings. The van der Waals surface area contributed by atoms with Crippen LogP contribution in [0.4, 0.5) is 0 Å². The highest BCUT2D eigenvalue weighted by Gasteiger charge is 2.13. The van der Waals surface area contributed by atoms with E-state index >= 15 is 0 Å². The standard InChI is InChI=1S/C7H9Cl2N3S/c1-4-5(2-3-8)6(9)12(11-4)7(10)13/h2-3H2,1H3,(H2,10,13). The molecular formula is C7H9Cl2N3S. The average molecular weight is 238 g/mol. The van der Waals surface area contributed by atoms with Crippen molar-refractivity contribution in [3.05, 3.63) is 16.4 Å². The zero-order valence-electron chi connectivity index (χ0n) is 7.05. The van der Waals surface area contributed by atoms with Crippen molar-refractivity contribution in [3.8, 4) is 0 Å². The summed E-state index contributed by atoms with van der Waals surface area (Å²) < 4.78 is 1.34. The van der Waals surface area contributed by atoms with Crippen molar-refractivity contribution >= 4 is 40.5 Å². The number of nitrogens with zero attached hydrogens (tertiary/aromatic N) is 2. The molecule has 3 nitrogen and oxygen atoms in total. The average Bonchev–Trinajstić information content (AvgIpc) is 2.32. The fourth-order valence-corrected chi connectivity index (χ4v) is 1.79. The predicted octanol–water partition coefficient (Wildman–Crippen LogP) is 1.72. The van der Waals surface area contributed by atoms with Gasteiger partial charge in [-0.3, -0.25) is 0 Å². The molecule has 6 heteroatoms. The lowest BCUT2D eigenvalue weighted by molar-refractivity contribution is 0.917. The molecule has 0 aliphatic carbocycles. The van der Waals surface area contributed by atoms with E-state index in [0.717, 1.165) is 11.3 Å².